The fourth-order valence-corrected chi connectivity index (χ4v) is 5.33. The van der Waals surface area contributed by atoms with Crippen LogP contribution in [0.3, 0.4) is 0 Å². The van der Waals surface area contributed by atoms with Crippen molar-refractivity contribution >= 4 is 39.3 Å². The third-order valence-electron chi connectivity index (χ3n) is 4.29. The van der Waals surface area contributed by atoms with E-state index >= 15 is 0 Å². The maximum Gasteiger partial charge on any atom is 0.316 e. The van der Waals surface area contributed by atoms with Crippen LogP contribution >= 0.6 is 23.1 Å². The van der Waals surface area contributed by atoms with Crippen LogP contribution in [0, 0.1) is 5.92 Å². The van der Waals surface area contributed by atoms with Crippen LogP contribution in [-0.2, 0) is 22.4 Å². The lowest BCUT2D eigenvalue weighted by atomic mass is 9.89. The molecule has 0 saturated heterocycles. The first-order valence-electron chi connectivity index (χ1n) is 8.60. The molecule has 0 saturated carbocycles. The van der Waals surface area contributed by atoms with Gasteiger partial charge in [-0.1, -0.05) is 32.5 Å². The Balaban J connectivity index is 2.02. The van der Waals surface area contributed by atoms with E-state index in [4.69, 9.17) is 14.7 Å². The summed E-state index contributed by atoms with van der Waals surface area (Å²) in [5, 5.41) is 2.13. The number of carbonyl (C=O) groups excluding carboxylic acids is 1. The van der Waals surface area contributed by atoms with Crippen molar-refractivity contribution in [3.8, 4) is 0 Å². The molecular formula is C18H24N2O2S2. The summed E-state index contributed by atoms with van der Waals surface area (Å²) < 4.78 is 5.06. The largest absolute Gasteiger partial charge is 0.465 e. The molecule has 130 valence electrons. The van der Waals surface area contributed by atoms with Gasteiger partial charge in [-0.3, -0.25) is 4.79 Å². The van der Waals surface area contributed by atoms with Gasteiger partial charge < -0.3 is 4.74 Å². The molecule has 0 fully saturated rings. The molecule has 1 unspecified atom stereocenters. The molecule has 3 rings (SSSR count). The van der Waals surface area contributed by atoms with Gasteiger partial charge >= 0.3 is 5.97 Å². The van der Waals surface area contributed by atoms with Crippen LogP contribution in [0.4, 0.5) is 0 Å². The molecule has 0 N–H and O–H groups in total. The standard InChI is InChI=1S/C18H24N2O2S2/c1-5-22-14(21)9-23-17-15-12-7-6-11(4)8-13(12)24-18(15)20-16(19-17)10(2)3/h10-11H,5-9H2,1-4H3. The van der Waals surface area contributed by atoms with Gasteiger partial charge in [0, 0.05) is 16.2 Å². The average Bonchev–Trinajstić information content (AvgIpc) is 2.89. The number of aromatic nitrogens is 2. The Bertz CT molecular complexity index is 755. The predicted octanol–water partition coefficient (Wildman–Crippen LogP) is 4.59. The van der Waals surface area contributed by atoms with Crippen LogP contribution in [-0.4, -0.2) is 28.3 Å². The van der Waals surface area contributed by atoms with E-state index in [1.807, 2.05) is 18.3 Å². The van der Waals surface area contributed by atoms with Gasteiger partial charge in [-0.15, -0.1) is 11.3 Å². The van der Waals surface area contributed by atoms with Crippen molar-refractivity contribution in [3.63, 3.8) is 0 Å². The summed E-state index contributed by atoms with van der Waals surface area (Å²) in [5.74, 6) is 1.99. The summed E-state index contributed by atoms with van der Waals surface area (Å²) in [6, 6.07) is 0. The number of hydrogen-bond donors (Lipinski definition) is 0. The molecule has 0 aliphatic heterocycles. The molecule has 2 aromatic heterocycles. The van der Waals surface area contributed by atoms with Gasteiger partial charge in [0.05, 0.1) is 12.4 Å². The van der Waals surface area contributed by atoms with Crippen LogP contribution < -0.4 is 0 Å². The maximum absolute atomic E-state index is 11.8. The first-order valence-corrected chi connectivity index (χ1v) is 10.4. The molecule has 2 aromatic rings. The fourth-order valence-electron chi connectivity index (χ4n) is 3.02. The van der Waals surface area contributed by atoms with Crippen LogP contribution in [0.15, 0.2) is 5.03 Å². The number of ether oxygens (including phenoxy) is 1. The molecule has 0 amide bonds. The molecule has 2 heterocycles. The van der Waals surface area contributed by atoms with E-state index < -0.39 is 0 Å². The number of thioether (sulfide) groups is 1. The molecule has 6 heteroatoms. The summed E-state index contributed by atoms with van der Waals surface area (Å²) >= 11 is 3.30. The SMILES string of the molecule is CCOC(=O)CSc1nc(C(C)C)nc2sc3c(c12)CCC(C)C3. The number of thiophene rings is 1. The molecule has 1 aliphatic carbocycles. The highest BCUT2D eigenvalue weighted by Gasteiger charge is 2.24. The van der Waals surface area contributed by atoms with Crippen molar-refractivity contribution in [2.24, 2.45) is 5.92 Å². The van der Waals surface area contributed by atoms with E-state index in [0.29, 0.717) is 12.4 Å². The number of esters is 1. The lowest BCUT2D eigenvalue weighted by Gasteiger charge is -2.18. The molecule has 24 heavy (non-hydrogen) atoms. The van der Waals surface area contributed by atoms with Gasteiger partial charge in [-0.05, 0) is 37.7 Å². The van der Waals surface area contributed by atoms with E-state index in [9.17, 15) is 4.79 Å². The highest BCUT2D eigenvalue weighted by molar-refractivity contribution is 8.00. The topological polar surface area (TPSA) is 52.1 Å². The number of carbonyl (C=O) groups is 1. The van der Waals surface area contributed by atoms with E-state index in [-0.39, 0.29) is 11.9 Å². The second-order valence-corrected chi connectivity index (χ2v) is 8.71. The second kappa shape index (κ2) is 7.40. The van der Waals surface area contributed by atoms with Crippen molar-refractivity contribution in [2.45, 2.75) is 57.9 Å². The summed E-state index contributed by atoms with van der Waals surface area (Å²) in [5.41, 5.74) is 1.41. The number of nitrogens with zero attached hydrogens (tertiary/aromatic N) is 2. The Morgan fingerprint density at radius 2 is 2.21 bits per heavy atom. The smallest absolute Gasteiger partial charge is 0.316 e. The third kappa shape index (κ3) is 3.59. The molecule has 0 bridgehead atoms. The molecule has 1 aliphatic rings. The van der Waals surface area contributed by atoms with Gasteiger partial charge in [0.15, 0.2) is 0 Å². The van der Waals surface area contributed by atoms with E-state index in [0.717, 1.165) is 34.4 Å². The second-order valence-electron chi connectivity index (χ2n) is 6.67. The first kappa shape index (κ1) is 17.7. The van der Waals surface area contributed by atoms with E-state index in [1.165, 1.54) is 34.0 Å². The van der Waals surface area contributed by atoms with Crippen LogP contribution in [0.25, 0.3) is 10.2 Å². The summed E-state index contributed by atoms with van der Waals surface area (Å²) in [7, 11) is 0. The average molecular weight is 365 g/mol. The Labute approximate surface area is 151 Å². The summed E-state index contributed by atoms with van der Waals surface area (Å²) in [6.45, 7) is 8.78. The van der Waals surface area contributed by atoms with Gasteiger partial charge in [-0.2, -0.15) is 0 Å². The molecule has 0 spiro atoms. The van der Waals surface area contributed by atoms with Crippen LogP contribution in [0.1, 0.15) is 56.3 Å². The van der Waals surface area contributed by atoms with E-state index in [2.05, 4.69) is 20.8 Å². The van der Waals surface area contributed by atoms with Crippen molar-refractivity contribution in [1.82, 2.24) is 9.97 Å². The normalized spacial score (nSPS) is 17.3. The number of hydrogen-bond acceptors (Lipinski definition) is 6. The quantitative estimate of drug-likeness (QED) is 0.441. The number of rotatable bonds is 5. The van der Waals surface area contributed by atoms with Crippen LogP contribution in [0.2, 0.25) is 0 Å². The lowest BCUT2D eigenvalue weighted by Crippen LogP contribution is -2.10. The summed E-state index contributed by atoms with van der Waals surface area (Å²) in [6.07, 6.45) is 3.44. The minimum absolute atomic E-state index is 0.182. The lowest BCUT2D eigenvalue weighted by molar-refractivity contribution is -0.139. The highest BCUT2D eigenvalue weighted by atomic mass is 32.2. The first-order chi connectivity index (χ1) is 11.5. The Hall–Kier alpha value is -1.14. The fraction of sp³-hybridized carbons (Fsp3) is 0.611. The van der Waals surface area contributed by atoms with Crippen molar-refractivity contribution in [1.29, 1.82) is 0 Å². The maximum atomic E-state index is 11.8. The third-order valence-corrected chi connectivity index (χ3v) is 6.38. The zero-order chi connectivity index (χ0) is 17.3. The zero-order valence-corrected chi connectivity index (χ0v) is 16.4. The Morgan fingerprint density at radius 3 is 2.92 bits per heavy atom. The Morgan fingerprint density at radius 1 is 1.42 bits per heavy atom. The van der Waals surface area contributed by atoms with Crippen molar-refractivity contribution in [2.75, 3.05) is 12.4 Å². The predicted molar refractivity (Wildman–Crippen MR) is 100 cm³/mol. The van der Waals surface area contributed by atoms with Gasteiger partial charge in [0.1, 0.15) is 15.7 Å². The highest BCUT2D eigenvalue weighted by Crippen LogP contribution is 2.41. The monoisotopic (exact) mass is 364 g/mol. The van der Waals surface area contributed by atoms with Gasteiger partial charge in [-0.25, -0.2) is 9.97 Å². The molecule has 1 atom stereocenters. The minimum atomic E-state index is -0.182. The minimum Gasteiger partial charge on any atom is -0.465 e. The zero-order valence-electron chi connectivity index (χ0n) is 14.7. The van der Waals surface area contributed by atoms with E-state index in [1.54, 1.807) is 0 Å². The molecule has 0 aromatic carbocycles. The summed E-state index contributed by atoms with van der Waals surface area (Å²) in [4.78, 5) is 23.9. The van der Waals surface area contributed by atoms with Gasteiger partial charge in [0.2, 0.25) is 0 Å². The van der Waals surface area contributed by atoms with Crippen molar-refractivity contribution in [3.05, 3.63) is 16.3 Å². The van der Waals surface area contributed by atoms with Crippen LogP contribution in [0.5, 0.6) is 0 Å². The van der Waals surface area contributed by atoms with Crippen molar-refractivity contribution < 1.29 is 9.53 Å². The molecule has 4 nitrogen and oxygen atoms in total. The molecular weight excluding hydrogens is 340 g/mol. The van der Waals surface area contributed by atoms with Gasteiger partial charge in [0.25, 0.3) is 0 Å². The Kier molecular flexibility index (Phi) is 5.45. The number of fused-ring (bicyclic) bond motifs is 3. The number of aryl methyl sites for hydroxylation is 1. The molecule has 0 radical (unpaired) electrons.